The van der Waals surface area contributed by atoms with Crippen molar-refractivity contribution >= 4 is 23.9 Å². The van der Waals surface area contributed by atoms with Crippen LogP contribution in [0.5, 0.6) is 0 Å². The Kier molecular flexibility index (Phi) is 7.58. The van der Waals surface area contributed by atoms with E-state index < -0.39 is 17.6 Å². The molecule has 1 saturated heterocycles. The maximum absolute atomic E-state index is 12.3. The number of esters is 1. The van der Waals surface area contributed by atoms with Crippen molar-refractivity contribution in [3.63, 3.8) is 0 Å². The molecule has 0 aromatic heterocycles. The van der Waals surface area contributed by atoms with E-state index in [0.29, 0.717) is 32.0 Å². The number of methoxy groups -OCH3 is 1. The molecule has 3 amide bonds. The molecule has 0 aliphatic carbocycles. The molecule has 0 bridgehead atoms. The topological polar surface area (TPSA) is 101 Å². The number of ether oxygens (including phenoxy) is 2. The first-order valence-corrected chi connectivity index (χ1v) is 9.41. The number of carbonyl (C=O) groups excluding carboxylic acids is 3. The fourth-order valence-electron chi connectivity index (χ4n) is 2.69. The van der Waals surface area contributed by atoms with Gasteiger partial charge >= 0.3 is 18.1 Å². The first kappa shape index (κ1) is 22.2. The zero-order valence-electron chi connectivity index (χ0n) is 17.3. The van der Waals surface area contributed by atoms with E-state index in [-0.39, 0.29) is 12.6 Å². The molecule has 1 N–H and O–H groups in total. The number of hydrogen-bond donors (Lipinski definition) is 1. The van der Waals surface area contributed by atoms with Crippen molar-refractivity contribution in [1.82, 2.24) is 15.1 Å². The smallest absolute Gasteiger partial charge is 0.410 e. The van der Waals surface area contributed by atoms with Gasteiger partial charge in [-0.1, -0.05) is 30.3 Å². The van der Waals surface area contributed by atoms with Crippen LogP contribution in [0.25, 0.3) is 0 Å². The zero-order valence-corrected chi connectivity index (χ0v) is 17.3. The summed E-state index contributed by atoms with van der Waals surface area (Å²) < 4.78 is 9.93. The first-order valence-electron chi connectivity index (χ1n) is 9.41. The molecule has 1 aromatic carbocycles. The third kappa shape index (κ3) is 7.10. The normalized spacial score (nSPS) is 15.0. The van der Waals surface area contributed by atoms with Gasteiger partial charge in [-0.15, -0.1) is 0 Å². The molecular weight excluding hydrogens is 376 g/mol. The molecule has 158 valence electrons. The van der Waals surface area contributed by atoms with Gasteiger partial charge in [-0.3, -0.25) is 4.79 Å². The van der Waals surface area contributed by atoms with Gasteiger partial charge in [0.1, 0.15) is 18.0 Å². The summed E-state index contributed by atoms with van der Waals surface area (Å²) in [6, 6.07) is 8.66. The van der Waals surface area contributed by atoms with E-state index in [9.17, 15) is 14.4 Å². The highest BCUT2D eigenvalue weighted by Gasteiger charge is 2.27. The minimum absolute atomic E-state index is 0.257. The molecule has 2 rings (SSSR count). The fourth-order valence-corrected chi connectivity index (χ4v) is 2.69. The maximum atomic E-state index is 12.3. The molecule has 0 unspecified atom stereocenters. The Bertz CT molecular complexity index is 750. The lowest BCUT2D eigenvalue weighted by Gasteiger charge is -2.37. The number of benzene rings is 1. The van der Waals surface area contributed by atoms with Crippen molar-refractivity contribution in [2.24, 2.45) is 4.99 Å². The van der Waals surface area contributed by atoms with Gasteiger partial charge < -0.3 is 24.6 Å². The number of amidine groups is 1. The summed E-state index contributed by atoms with van der Waals surface area (Å²) in [6.07, 6.45) is -0.355. The molecule has 1 aliphatic heterocycles. The van der Waals surface area contributed by atoms with Gasteiger partial charge in [-0.05, 0) is 20.8 Å². The number of urea groups is 1. The third-order valence-corrected chi connectivity index (χ3v) is 4.08. The quantitative estimate of drug-likeness (QED) is 0.469. The van der Waals surface area contributed by atoms with E-state index in [1.54, 1.807) is 4.90 Å². The van der Waals surface area contributed by atoms with Crippen LogP contribution in [-0.4, -0.2) is 79.2 Å². The molecule has 0 saturated carbocycles. The SMILES string of the molecule is COC(=O)CNC(=O)N=C(c1ccccc1)N1CCN(C(=O)OC(C)(C)C)CC1. The number of aliphatic imine (C=N–C) groups is 1. The molecule has 9 nitrogen and oxygen atoms in total. The molecular formula is C20H28N4O5. The van der Waals surface area contributed by atoms with Gasteiger partial charge in [-0.25, -0.2) is 9.59 Å². The van der Waals surface area contributed by atoms with Crippen molar-refractivity contribution in [3.05, 3.63) is 35.9 Å². The Morgan fingerprint density at radius 3 is 2.17 bits per heavy atom. The van der Waals surface area contributed by atoms with Gasteiger partial charge in [0.05, 0.1) is 7.11 Å². The second-order valence-corrected chi connectivity index (χ2v) is 7.49. The molecule has 0 radical (unpaired) electrons. The average Bonchev–Trinajstić information content (AvgIpc) is 2.69. The summed E-state index contributed by atoms with van der Waals surface area (Å²) >= 11 is 0. The second kappa shape index (κ2) is 9.90. The summed E-state index contributed by atoms with van der Waals surface area (Å²) in [5, 5.41) is 2.41. The number of hydrogen-bond acceptors (Lipinski definition) is 5. The number of amides is 3. The van der Waals surface area contributed by atoms with Crippen LogP contribution in [0.2, 0.25) is 0 Å². The van der Waals surface area contributed by atoms with Gasteiger partial charge in [0, 0.05) is 31.7 Å². The third-order valence-electron chi connectivity index (χ3n) is 4.08. The lowest BCUT2D eigenvalue weighted by Crippen LogP contribution is -2.52. The minimum Gasteiger partial charge on any atom is -0.468 e. The van der Waals surface area contributed by atoms with Gasteiger partial charge in [0.2, 0.25) is 0 Å². The summed E-state index contributed by atoms with van der Waals surface area (Å²) in [5.74, 6) is -0.0717. The summed E-state index contributed by atoms with van der Waals surface area (Å²) in [4.78, 5) is 43.4. The molecule has 1 aromatic rings. The first-order chi connectivity index (χ1) is 13.7. The second-order valence-electron chi connectivity index (χ2n) is 7.49. The van der Waals surface area contributed by atoms with Crippen molar-refractivity contribution in [2.45, 2.75) is 26.4 Å². The predicted octanol–water partition coefficient (Wildman–Crippen LogP) is 1.87. The lowest BCUT2D eigenvalue weighted by molar-refractivity contribution is -0.139. The van der Waals surface area contributed by atoms with E-state index in [4.69, 9.17) is 4.74 Å². The van der Waals surface area contributed by atoms with Crippen molar-refractivity contribution < 1.29 is 23.9 Å². The monoisotopic (exact) mass is 404 g/mol. The van der Waals surface area contributed by atoms with Gasteiger partial charge in [0.15, 0.2) is 0 Å². The number of nitrogens with one attached hydrogen (secondary N) is 1. The molecule has 29 heavy (non-hydrogen) atoms. The van der Waals surface area contributed by atoms with E-state index >= 15 is 0 Å². The number of piperazine rings is 1. The fraction of sp³-hybridized carbons (Fsp3) is 0.500. The Balaban J connectivity index is 2.09. The van der Waals surface area contributed by atoms with Crippen molar-refractivity contribution in [2.75, 3.05) is 39.8 Å². The van der Waals surface area contributed by atoms with Gasteiger partial charge in [-0.2, -0.15) is 4.99 Å². The van der Waals surface area contributed by atoms with Crippen LogP contribution in [0, 0.1) is 0 Å². The summed E-state index contributed by atoms with van der Waals surface area (Å²) in [7, 11) is 1.25. The highest BCUT2D eigenvalue weighted by molar-refractivity contribution is 6.05. The van der Waals surface area contributed by atoms with Crippen molar-refractivity contribution in [3.8, 4) is 0 Å². The minimum atomic E-state index is -0.635. The molecule has 1 heterocycles. The van der Waals surface area contributed by atoms with E-state index in [0.717, 1.165) is 5.56 Å². The van der Waals surface area contributed by atoms with Crippen LogP contribution < -0.4 is 5.32 Å². The maximum Gasteiger partial charge on any atom is 0.410 e. The van der Waals surface area contributed by atoms with Crippen LogP contribution in [0.1, 0.15) is 26.3 Å². The van der Waals surface area contributed by atoms with Gasteiger partial charge in [0.25, 0.3) is 0 Å². The Morgan fingerprint density at radius 2 is 1.62 bits per heavy atom. The molecule has 9 heteroatoms. The standard InChI is InChI=1S/C20H28N4O5/c1-20(2,3)29-19(27)24-12-10-23(11-13-24)17(15-8-6-5-7-9-15)22-18(26)21-14-16(25)28-4/h5-9H,10-14H2,1-4H3,(H,21,26). The van der Waals surface area contributed by atoms with E-state index in [2.05, 4.69) is 15.0 Å². The largest absolute Gasteiger partial charge is 0.468 e. The van der Waals surface area contributed by atoms with Crippen LogP contribution in [-0.2, 0) is 14.3 Å². The summed E-state index contributed by atoms with van der Waals surface area (Å²) in [5.41, 5.74) is 0.217. The summed E-state index contributed by atoms with van der Waals surface area (Å²) in [6.45, 7) is 7.12. The Hall–Kier alpha value is -3.10. The molecule has 1 fully saturated rings. The average molecular weight is 404 g/mol. The number of carbonyl (C=O) groups is 3. The lowest BCUT2D eigenvalue weighted by atomic mass is 10.1. The number of nitrogens with zero attached hydrogens (tertiary/aromatic N) is 3. The van der Waals surface area contributed by atoms with Crippen LogP contribution in [0.4, 0.5) is 9.59 Å². The zero-order chi connectivity index (χ0) is 21.4. The molecule has 1 aliphatic rings. The number of rotatable bonds is 3. The van der Waals surface area contributed by atoms with E-state index in [1.807, 2.05) is 56.0 Å². The van der Waals surface area contributed by atoms with Crippen LogP contribution in [0.3, 0.4) is 0 Å². The molecule has 0 atom stereocenters. The van der Waals surface area contributed by atoms with Crippen LogP contribution in [0.15, 0.2) is 35.3 Å². The van der Waals surface area contributed by atoms with Crippen molar-refractivity contribution in [1.29, 1.82) is 0 Å². The highest BCUT2D eigenvalue weighted by Crippen LogP contribution is 2.14. The Labute approximate surface area is 170 Å². The molecule has 0 spiro atoms. The van der Waals surface area contributed by atoms with Crippen LogP contribution >= 0.6 is 0 Å². The Morgan fingerprint density at radius 1 is 1.03 bits per heavy atom. The van der Waals surface area contributed by atoms with E-state index in [1.165, 1.54) is 7.11 Å². The predicted molar refractivity (Wildman–Crippen MR) is 108 cm³/mol. The highest BCUT2D eigenvalue weighted by atomic mass is 16.6.